The summed E-state index contributed by atoms with van der Waals surface area (Å²) in [6.07, 6.45) is 5.91. The fraction of sp³-hybridized carbons (Fsp3) is 0.387. The fourth-order valence-corrected chi connectivity index (χ4v) is 4.97. The van der Waals surface area contributed by atoms with Crippen molar-refractivity contribution in [3.8, 4) is 0 Å². The van der Waals surface area contributed by atoms with Crippen molar-refractivity contribution >= 4 is 40.8 Å². The second-order valence-electron chi connectivity index (χ2n) is 9.50. The molecule has 1 aromatic heterocycles. The number of pyridine rings is 1. The number of nitrogen functional groups attached to an aromatic ring is 1. The summed E-state index contributed by atoms with van der Waals surface area (Å²) in [5.74, 6) is -0.102. The highest BCUT2D eigenvalue weighted by atomic mass is 16.5. The van der Waals surface area contributed by atoms with Gasteiger partial charge in [-0.2, -0.15) is 0 Å². The zero-order chi connectivity index (χ0) is 27.5. The first-order chi connectivity index (χ1) is 18.5. The normalized spacial score (nSPS) is 13.1. The highest BCUT2D eigenvalue weighted by Gasteiger charge is 2.20. The first-order valence-electron chi connectivity index (χ1n) is 13.4. The molecule has 38 heavy (non-hydrogen) atoms. The van der Waals surface area contributed by atoms with Crippen LogP contribution in [0, 0.1) is 0 Å². The highest BCUT2D eigenvalue weighted by Crippen LogP contribution is 2.40. The van der Waals surface area contributed by atoms with Gasteiger partial charge in [0.1, 0.15) is 5.69 Å². The quantitative estimate of drug-likeness (QED) is 0.135. The van der Waals surface area contributed by atoms with Crippen LogP contribution in [0.2, 0.25) is 0 Å². The topological polar surface area (TPSA) is 84.0 Å². The standard InChI is InChI=1S/C29H37N5O2.C2H4/c1-4-5-6-17-34(20-22-11-9-21(10-12-22)19-33-15-7-8-16-33)27-24-14-13-23(29(35)36-3)18-25(24)32-28(30)26(27)31-2;1-2/h9-14,18H,2,4-8,15-17,19-20H2,1,3H3,(H2,30,32);1-2H2. The molecule has 2 heterocycles. The van der Waals surface area contributed by atoms with E-state index in [0.717, 1.165) is 43.4 Å². The van der Waals surface area contributed by atoms with Crippen molar-refractivity contribution in [1.82, 2.24) is 9.88 Å². The molecule has 0 bridgehead atoms. The van der Waals surface area contributed by atoms with Gasteiger partial charge >= 0.3 is 5.97 Å². The zero-order valence-corrected chi connectivity index (χ0v) is 22.9. The number of methoxy groups -OCH3 is 1. The monoisotopic (exact) mass is 515 g/mol. The molecule has 0 spiro atoms. The van der Waals surface area contributed by atoms with E-state index < -0.39 is 5.97 Å². The van der Waals surface area contributed by atoms with Crippen LogP contribution in [0.3, 0.4) is 0 Å². The van der Waals surface area contributed by atoms with Crippen molar-refractivity contribution in [2.24, 2.45) is 4.99 Å². The van der Waals surface area contributed by atoms with Crippen LogP contribution in [-0.2, 0) is 17.8 Å². The molecule has 1 aliphatic rings. The number of fused-ring (bicyclic) bond motifs is 1. The van der Waals surface area contributed by atoms with E-state index in [-0.39, 0.29) is 0 Å². The van der Waals surface area contributed by atoms with Gasteiger partial charge in [0, 0.05) is 25.0 Å². The Balaban J connectivity index is 0.00000195. The number of nitrogens with two attached hydrogens (primary N) is 1. The number of nitrogens with zero attached hydrogens (tertiary/aromatic N) is 4. The van der Waals surface area contributed by atoms with Crippen LogP contribution >= 0.6 is 0 Å². The van der Waals surface area contributed by atoms with E-state index in [1.54, 1.807) is 12.1 Å². The Morgan fingerprint density at radius 2 is 1.79 bits per heavy atom. The van der Waals surface area contributed by atoms with Crippen LogP contribution < -0.4 is 10.6 Å². The van der Waals surface area contributed by atoms with Crippen LogP contribution in [0.15, 0.2) is 60.6 Å². The van der Waals surface area contributed by atoms with Crippen LogP contribution in [0.4, 0.5) is 17.2 Å². The number of anilines is 2. The Morgan fingerprint density at radius 3 is 2.42 bits per heavy atom. The van der Waals surface area contributed by atoms with Gasteiger partial charge in [-0.15, -0.1) is 13.2 Å². The lowest BCUT2D eigenvalue weighted by molar-refractivity contribution is 0.0601. The number of hydrogen-bond acceptors (Lipinski definition) is 7. The first kappa shape index (κ1) is 28.9. The average molecular weight is 516 g/mol. The smallest absolute Gasteiger partial charge is 0.337 e. The number of aliphatic imine (C=N–C) groups is 1. The SMILES string of the molecule is C=C.C=Nc1c(N)nc2cc(C(=O)OC)ccc2c1N(CCCCC)Cc1ccc(CN2CCCC2)cc1. The maximum Gasteiger partial charge on any atom is 0.337 e. The molecule has 7 nitrogen and oxygen atoms in total. The van der Waals surface area contributed by atoms with E-state index in [0.29, 0.717) is 29.1 Å². The molecule has 2 aromatic carbocycles. The molecule has 0 amide bonds. The molecular formula is C31H41N5O2. The third-order valence-electron chi connectivity index (χ3n) is 6.89. The van der Waals surface area contributed by atoms with Gasteiger partial charge in [0.05, 0.1) is 23.9 Å². The van der Waals surface area contributed by atoms with Gasteiger partial charge in [-0.05, 0) is 68.4 Å². The molecule has 1 saturated heterocycles. The lowest BCUT2D eigenvalue weighted by Crippen LogP contribution is -2.25. The molecule has 1 aliphatic heterocycles. The third-order valence-corrected chi connectivity index (χ3v) is 6.89. The summed E-state index contributed by atoms with van der Waals surface area (Å²) in [5.41, 5.74) is 11.5. The third kappa shape index (κ3) is 6.98. The molecule has 0 radical (unpaired) electrons. The predicted octanol–water partition coefficient (Wildman–Crippen LogP) is 6.53. The van der Waals surface area contributed by atoms with Gasteiger partial charge < -0.3 is 15.4 Å². The molecule has 3 aromatic rings. The first-order valence-corrected chi connectivity index (χ1v) is 13.4. The van der Waals surface area contributed by atoms with Crippen molar-refractivity contribution in [2.45, 2.75) is 52.1 Å². The average Bonchev–Trinajstić information content (AvgIpc) is 3.46. The van der Waals surface area contributed by atoms with Crippen molar-refractivity contribution in [2.75, 3.05) is 37.4 Å². The van der Waals surface area contributed by atoms with Crippen molar-refractivity contribution in [3.05, 3.63) is 72.3 Å². The van der Waals surface area contributed by atoms with Crippen LogP contribution in [0.5, 0.6) is 0 Å². The van der Waals surface area contributed by atoms with E-state index in [9.17, 15) is 4.79 Å². The Labute approximate surface area is 227 Å². The minimum Gasteiger partial charge on any atom is -0.465 e. The van der Waals surface area contributed by atoms with Gasteiger partial charge in [0.15, 0.2) is 5.82 Å². The van der Waals surface area contributed by atoms with Crippen LogP contribution in [-0.4, -0.2) is 49.3 Å². The van der Waals surface area contributed by atoms with Gasteiger partial charge in [0.25, 0.3) is 0 Å². The molecule has 0 unspecified atom stereocenters. The maximum absolute atomic E-state index is 12.1. The molecule has 0 atom stereocenters. The number of hydrogen-bond donors (Lipinski definition) is 1. The van der Waals surface area contributed by atoms with E-state index >= 15 is 0 Å². The summed E-state index contributed by atoms with van der Waals surface area (Å²) >= 11 is 0. The number of carbonyl (C=O) groups excluding carboxylic acids is 1. The number of carbonyl (C=O) groups is 1. The number of aromatic nitrogens is 1. The van der Waals surface area contributed by atoms with Crippen LogP contribution in [0.1, 0.15) is 60.5 Å². The number of esters is 1. The minimum absolute atomic E-state index is 0.302. The zero-order valence-electron chi connectivity index (χ0n) is 22.9. The van der Waals surface area contributed by atoms with E-state index in [2.05, 4.69) is 70.8 Å². The number of ether oxygens (including phenoxy) is 1. The summed E-state index contributed by atoms with van der Waals surface area (Å²) in [4.78, 5) is 25.8. The van der Waals surface area contributed by atoms with Crippen LogP contribution in [0.25, 0.3) is 10.9 Å². The van der Waals surface area contributed by atoms with E-state index in [1.165, 1.54) is 44.2 Å². The van der Waals surface area contributed by atoms with Gasteiger partial charge in [-0.3, -0.25) is 9.89 Å². The Bertz CT molecular complexity index is 1220. The highest BCUT2D eigenvalue weighted by molar-refractivity contribution is 6.04. The fourth-order valence-electron chi connectivity index (χ4n) is 4.97. The molecular weight excluding hydrogens is 474 g/mol. The Kier molecular flexibility index (Phi) is 10.8. The summed E-state index contributed by atoms with van der Waals surface area (Å²) < 4.78 is 4.89. The summed E-state index contributed by atoms with van der Waals surface area (Å²) in [6.45, 7) is 17.0. The van der Waals surface area contributed by atoms with Gasteiger partial charge in [0.2, 0.25) is 0 Å². The number of likely N-dealkylation sites (tertiary alicyclic amines) is 1. The summed E-state index contributed by atoms with van der Waals surface area (Å²) in [5, 5.41) is 0.890. The van der Waals surface area contributed by atoms with E-state index in [1.807, 2.05) is 6.07 Å². The summed E-state index contributed by atoms with van der Waals surface area (Å²) in [6, 6.07) is 14.3. The van der Waals surface area contributed by atoms with Crippen molar-refractivity contribution in [3.63, 3.8) is 0 Å². The lowest BCUT2D eigenvalue weighted by atomic mass is 10.1. The molecule has 1 fully saturated rings. The second-order valence-corrected chi connectivity index (χ2v) is 9.50. The second kappa shape index (κ2) is 14.3. The Hall–Kier alpha value is -3.71. The van der Waals surface area contributed by atoms with Crippen molar-refractivity contribution in [1.29, 1.82) is 0 Å². The largest absolute Gasteiger partial charge is 0.465 e. The number of rotatable bonds is 11. The van der Waals surface area contributed by atoms with E-state index in [4.69, 9.17) is 10.5 Å². The maximum atomic E-state index is 12.1. The van der Waals surface area contributed by atoms with Gasteiger partial charge in [-0.25, -0.2) is 9.78 Å². The molecule has 0 aliphatic carbocycles. The summed E-state index contributed by atoms with van der Waals surface area (Å²) in [7, 11) is 1.37. The van der Waals surface area contributed by atoms with Crippen molar-refractivity contribution < 1.29 is 9.53 Å². The lowest BCUT2D eigenvalue weighted by Gasteiger charge is -2.28. The minimum atomic E-state index is -0.404. The molecule has 202 valence electrons. The Morgan fingerprint density at radius 1 is 1.11 bits per heavy atom. The van der Waals surface area contributed by atoms with Gasteiger partial charge in [-0.1, -0.05) is 44.0 Å². The molecule has 7 heteroatoms. The molecule has 2 N–H and O–H groups in total. The number of unbranched alkanes of at least 4 members (excludes halogenated alkanes) is 2. The molecule has 0 saturated carbocycles. The predicted molar refractivity (Wildman–Crippen MR) is 159 cm³/mol. The number of benzene rings is 2. The molecule has 4 rings (SSSR count).